The summed E-state index contributed by atoms with van der Waals surface area (Å²) in [4.78, 5) is 5.06. The van der Waals surface area contributed by atoms with Crippen molar-refractivity contribution in [1.82, 2.24) is 0 Å². The van der Waals surface area contributed by atoms with E-state index in [-0.39, 0.29) is 16.7 Å². The number of fused-ring (bicyclic) bond motifs is 10. The third kappa shape index (κ3) is 7.40. The van der Waals surface area contributed by atoms with Crippen molar-refractivity contribution in [3.63, 3.8) is 0 Å². The molecular formula is C73H59BN2O4. The van der Waals surface area contributed by atoms with Gasteiger partial charge < -0.3 is 27.5 Å². The smallest absolute Gasteiger partial charge is 0.342 e. The van der Waals surface area contributed by atoms with E-state index in [0.29, 0.717) is 0 Å². The van der Waals surface area contributed by atoms with Gasteiger partial charge in [0.1, 0.15) is 33.7 Å². The van der Waals surface area contributed by atoms with Gasteiger partial charge in [-0.05, 0) is 134 Å². The summed E-state index contributed by atoms with van der Waals surface area (Å²) in [5, 5.41) is 4.27. The lowest BCUT2D eigenvalue weighted by atomic mass is 9.37. The zero-order chi connectivity index (χ0) is 54.3. The third-order valence-electron chi connectivity index (χ3n) is 16.9. The lowest BCUT2D eigenvalue weighted by Crippen LogP contribution is -2.60. The fourth-order valence-corrected chi connectivity index (χ4v) is 12.7. The first-order valence-corrected chi connectivity index (χ1v) is 28.0. The summed E-state index contributed by atoms with van der Waals surface area (Å²) >= 11 is 0. The minimum atomic E-state index is -0.414. The molecule has 0 unspecified atom stereocenters. The van der Waals surface area contributed by atoms with Crippen LogP contribution in [0.15, 0.2) is 224 Å². The van der Waals surface area contributed by atoms with E-state index in [1.54, 1.807) is 0 Å². The molecule has 0 aliphatic carbocycles. The maximum Gasteiger partial charge on any atom is 0.342 e. The van der Waals surface area contributed by atoms with Crippen LogP contribution in [-0.2, 0) is 10.8 Å². The Kier molecular flexibility index (Phi) is 10.6. The highest BCUT2D eigenvalue weighted by atomic mass is 16.4. The van der Waals surface area contributed by atoms with Gasteiger partial charge in [0.25, 0.3) is 0 Å². The number of rotatable bonds is 7. The molecule has 0 fully saturated rings. The molecule has 80 heavy (non-hydrogen) atoms. The van der Waals surface area contributed by atoms with Crippen LogP contribution in [-0.4, -0.2) is 6.71 Å². The molecule has 15 rings (SSSR count). The minimum Gasteiger partial charge on any atom is -0.468 e. The molecule has 6 nitrogen and oxygen atoms in total. The Labute approximate surface area is 466 Å². The van der Waals surface area contributed by atoms with E-state index in [4.69, 9.17) is 17.7 Å². The van der Waals surface area contributed by atoms with Gasteiger partial charge in [0.05, 0.1) is 35.3 Å². The third-order valence-corrected chi connectivity index (χ3v) is 16.9. The summed E-state index contributed by atoms with van der Waals surface area (Å²) in [6, 6.07) is 70.6. The van der Waals surface area contributed by atoms with Gasteiger partial charge in [0.15, 0.2) is 0 Å². The predicted molar refractivity (Wildman–Crippen MR) is 333 cm³/mol. The van der Waals surface area contributed by atoms with Crippen molar-refractivity contribution in [1.29, 1.82) is 0 Å². The number of benzene rings is 9. The summed E-state index contributed by atoms with van der Waals surface area (Å²) < 4.78 is 27.5. The lowest BCUT2D eigenvalue weighted by Gasteiger charge is -2.42. The summed E-state index contributed by atoms with van der Waals surface area (Å²) in [7, 11) is 0. The number of hydrogen-bond acceptors (Lipinski definition) is 6. The van der Waals surface area contributed by atoms with E-state index >= 15 is 0 Å². The summed E-state index contributed by atoms with van der Waals surface area (Å²) in [6.45, 7) is 17.9. The number of para-hydroxylation sites is 2. The van der Waals surface area contributed by atoms with E-state index in [9.17, 15) is 0 Å². The van der Waals surface area contributed by atoms with Crippen LogP contribution in [0.5, 0.6) is 0 Å². The maximum absolute atomic E-state index is 7.53. The molecule has 0 saturated heterocycles. The normalized spacial score (nSPS) is 13.3. The average Bonchev–Trinajstić information content (AvgIpc) is 4.37. The monoisotopic (exact) mass is 1040 g/mol. The standard InChI is InChI=1S/C73H59BN2O4/c1-43(2)48-37-61-67-62(38-48)76(60-32-28-47(36-54(60)45-21-13-10-14-22-45)58-42-78-64-26-18-16-24-52(58)64)69-56-40-50(73(6,7)8)30-34-66(56)80-71(69)74(67)70-68(55-39-49(72(3,4)5)29-33-65(55)79-70)75(61)59-31-27-46(35-53(59)44-19-11-9-12-20-44)57-41-77-63-25-17-15-23-51(57)63/h9-43H,1-8H3. The van der Waals surface area contributed by atoms with Gasteiger partial charge in [-0.3, -0.25) is 0 Å². The van der Waals surface area contributed by atoms with Crippen molar-refractivity contribution in [2.45, 2.75) is 72.1 Å². The molecule has 0 radical (unpaired) electrons. The van der Waals surface area contributed by atoms with Gasteiger partial charge in [0.2, 0.25) is 0 Å². The second kappa shape index (κ2) is 17.7. The topological polar surface area (TPSA) is 59.0 Å². The molecule has 0 atom stereocenters. The van der Waals surface area contributed by atoms with Crippen LogP contribution in [0.4, 0.5) is 34.1 Å². The van der Waals surface area contributed by atoms with Crippen LogP contribution in [0.2, 0.25) is 0 Å². The van der Waals surface area contributed by atoms with Gasteiger partial charge in [-0.15, -0.1) is 0 Å². The molecule has 0 amide bonds. The molecule has 2 aliphatic heterocycles. The highest BCUT2D eigenvalue weighted by Crippen LogP contribution is 2.54. The largest absolute Gasteiger partial charge is 0.468 e. The van der Waals surface area contributed by atoms with Crippen molar-refractivity contribution in [3.8, 4) is 44.5 Å². The van der Waals surface area contributed by atoms with Gasteiger partial charge >= 0.3 is 6.71 Å². The Balaban J connectivity index is 1.07. The molecule has 7 heteroatoms. The molecule has 6 heterocycles. The first-order chi connectivity index (χ1) is 38.8. The Morgan fingerprint density at radius 2 is 0.800 bits per heavy atom. The van der Waals surface area contributed by atoms with Gasteiger partial charge in [-0.2, -0.15) is 0 Å². The number of hydrogen-bond donors (Lipinski definition) is 0. The second-order valence-corrected chi connectivity index (χ2v) is 24.3. The number of furan rings is 4. The van der Waals surface area contributed by atoms with Crippen LogP contribution in [0.1, 0.15) is 78.0 Å². The van der Waals surface area contributed by atoms with Crippen molar-refractivity contribution in [3.05, 3.63) is 223 Å². The Morgan fingerprint density at radius 3 is 1.23 bits per heavy atom. The van der Waals surface area contributed by atoms with Crippen LogP contribution in [0, 0.1) is 0 Å². The molecule has 0 spiro atoms. The zero-order valence-electron chi connectivity index (χ0n) is 46.3. The van der Waals surface area contributed by atoms with E-state index < -0.39 is 6.71 Å². The molecule has 2 aliphatic rings. The molecule has 0 N–H and O–H groups in total. The number of anilines is 6. The average molecular weight is 1040 g/mol. The molecule has 0 saturated carbocycles. The predicted octanol–water partition coefficient (Wildman–Crippen LogP) is 19.1. The molecule has 9 aromatic carbocycles. The Morgan fingerprint density at radius 1 is 0.375 bits per heavy atom. The van der Waals surface area contributed by atoms with Gasteiger partial charge in [-0.1, -0.05) is 177 Å². The van der Waals surface area contributed by atoms with Gasteiger partial charge in [-0.25, -0.2) is 0 Å². The van der Waals surface area contributed by atoms with Crippen LogP contribution >= 0.6 is 0 Å². The second-order valence-electron chi connectivity index (χ2n) is 24.3. The molecular weight excluding hydrogens is 980 g/mol. The van der Waals surface area contributed by atoms with E-state index in [2.05, 4.69) is 235 Å². The molecule has 0 bridgehead atoms. The molecule has 13 aromatic rings. The van der Waals surface area contributed by atoms with Gasteiger partial charge in [0, 0.05) is 55.2 Å². The highest BCUT2D eigenvalue weighted by Gasteiger charge is 2.51. The zero-order valence-corrected chi connectivity index (χ0v) is 46.3. The fourth-order valence-electron chi connectivity index (χ4n) is 12.7. The summed E-state index contributed by atoms with van der Waals surface area (Å²) in [5.41, 5.74) is 24.5. The Hall–Kier alpha value is -9.20. The van der Waals surface area contributed by atoms with Crippen molar-refractivity contribution in [2.24, 2.45) is 0 Å². The van der Waals surface area contributed by atoms with Crippen molar-refractivity contribution >= 4 is 101 Å². The van der Waals surface area contributed by atoms with Crippen LogP contribution in [0.25, 0.3) is 88.4 Å². The number of nitrogens with zero attached hydrogens (tertiary/aromatic N) is 2. The first kappa shape index (κ1) is 48.0. The maximum atomic E-state index is 7.53. The van der Waals surface area contributed by atoms with E-state index in [1.807, 2.05) is 36.8 Å². The van der Waals surface area contributed by atoms with E-state index in [0.717, 1.165) is 139 Å². The fraction of sp³-hybridized carbons (Fsp3) is 0.151. The summed E-state index contributed by atoms with van der Waals surface area (Å²) in [6.07, 6.45) is 3.80. The van der Waals surface area contributed by atoms with E-state index in [1.165, 1.54) is 16.7 Å². The first-order valence-electron chi connectivity index (χ1n) is 28.0. The summed E-state index contributed by atoms with van der Waals surface area (Å²) in [5.74, 6) is 0.166. The highest BCUT2D eigenvalue weighted by molar-refractivity contribution is 6.99. The minimum absolute atomic E-state index is 0.128. The van der Waals surface area contributed by atoms with Crippen molar-refractivity contribution < 1.29 is 17.7 Å². The lowest BCUT2D eigenvalue weighted by molar-refractivity contribution is 0.590. The quantitative estimate of drug-likeness (QED) is 0.148. The van der Waals surface area contributed by atoms with Crippen LogP contribution in [0.3, 0.4) is 0 Å². The molecule has 4 aromatic heterocycles. The van der Waals surface area contributed by atoms with Crippen molar-refractivity contribution in [2.75, 3.05) is 9.80 Å². The van der Waals surface area contributed by atoms with Crippen LogP contribution < -0.4 is 26.6 Å². The Bertz CT molecular complexity index is 4330. The molecule has 388 valence electrons. The SMILES string of the molecule is CC(C)c1cc2c3c(c1)N(c1ccc(-c4coc5ccccc45)cc1-c1ccccc1)c1c(oc4ccc(C(C)(C)C)cc14)B3c1oc3ccc(C(C)(C)C)cc3c1N2c1ccc(-c2coc3ccccc23)cc1-c1ccccc1.